The van der Waals surface area contributed by atoms with Gasteiger partial charge in [-0.3, -0.25) is 9.59 Å². The number of carbonyl (C=O) groups excluding carboxylic acids is 2. The van der Waals surface area contributed by atoms with Gasteiger partial charge in [-0.15, -0.1) is 0 Å². The lowest BCUT2D eigenvalue weighted by Crippen LogP contribution is -2.07. The highest BCUT2D eigenvalue weighted by atomic mass is 16.5. The van der Waals surface area contributed by atoms with Crippen molar-refractivity contribution in [2.24, 2.45) is 5.92 Å². The van der Waals surface area contributed by atoms with Crippen LogP contribution in [0.15, 0.2) is 24.3 Å². The molecule has 0 spiro atoms. The number of ketones is 1. The largest absolute Gasteiger partial charge is 0.486 e. The van der Waals surface area contributed by atoms with Crippen molar-refractivity contribution in [2.75, 3.05) is 6.61 Å². The number of ether oxygens (including phenoxy) is 1. The SMILES string of the molecule is CC(C)C(=O)c1ccc(OCC=O)cc1. The summed E-state index contributed by atoms with van der Waals surface area (Å²) in [5.41, 5.74) is 0.670. The van der Waals surface area contributed by atoms with Crippen LogP contribution in [-0.2, 0) is 4.79 Å². The summed E-state index contributed by atoms with van der Waals surface area (Å²) in [4.78, 5) is 21.6. The van der Waals surface area contributed by atoms with E-state index in [0.717, 1.165) is 0 Å². The smallest absolute Gasteiger partial charge is 0.165 e. The third-order valence-electron chi connectivity index (χ3n) is 1.98. The third-order valence-corrected chi connectivity index (χ3v) is 1.98. The summed E-state index contributed by atoms with van der Waals surface area (Å²) in [6.07, 6.45) is 0.688. The molecule has 1 aromatic carbocycles. The fraction of sp³-hybridized carbons (Fsp3) is 0.333. The summed E-state index contributed by atoms with van der Waals surface area (Å²) in [7, 11) is 0. The molecule has 0 N–H and O–H groups in total. The van der Waals surface area contributed by atoms with Crippen molar-refractivity contribution in [3.63, 3.8) is 0 Å². The lowest BCUT2D eigenvalue weighted by molar-refractivity contribution is -0.109. The first kappa shape index (κ1) is 11.4. The zero-order valence-electron chi connectivity index (χ0n) is 8.90. The third kappa shape index (κ3) is 3.20. The Morgan fingerprint density at radius 1 is 1.33 bits per heavy atom. The Labute approximate surface area is 89.1 Å². The molecule has 3 nitrogen and oxygen atoms in total. The maximum Gasteiger partial charge on any atom is 0.165 e. The zero-order chi connectivity index (χ0) is 11.3. The van der Waals surface area contributed by atoms with Gasteiger partial charge in [0.25, 0.3) is 0 Å². The Bertz CT molecular complexity index is 338. The molecule has 0 amide bonds. The number of benzene rings is 1. The zero-order valence-corrected chi connectivity index (χ0v) is 8.90. The first-order valence-corrected chi connectivity index (χ1v) is 4.86. The van der Waals surface area contributed by atoms with Crippen molar-refractivity contribution < 1.29 is 14.3 Å². The molecular weight excluding hydrogens is 192 g/mol. The van der Waals surface area contributed by atoms with Gasteiger partial charge in [-0.05, 0) is 24.3 Å². The van der Waals surface area contributed by atoms with Gasteiger partial charge in [0.05, 0.1) is 0 Å². The summed E-state index contributed by atoms with van der Waals surface area (Å²) in [6, 6.07) is 6.81. The van der Waals surface area contributed by atoms with Gasteiger partial charge in [0.1, 0.15) is 12.4 Å². The standard InChI is InChI=1S/C12H14O3/c1-9(2)12(14)10-3-5-11(6-4-10)15-8-7-13/h3-7,9H,8H2,1-2H3. The fourth-order valence-electron chi connectivity index (χ4n) is 1.18. The van der Waals surface area contributed by atoms with Crippen molar-refractivity contribution in [2.45, 2.75) is 13.8 Å². The van der Waals surface area contributed by atoms with E-state index in [-0.39, 0.29) is 18.3 Å². The second kappa shape index (κ2) is 5.29. The number of rotatable bonds is 5. The quantitative estimate of drug-likeness (QED) is 0.547. The number of hydrogen-bond acceptors (Lipinski definition) is 3. The molecule has 0 unspecified atom stereocenters. The van der Waals surface area contributed by atoms with Crippen LogP contribution in [0.1, 0.15) is 24.2 Å². The van der Waals surface area contributed by atoms with Crippen LogP contribution in [0.5, 0.6) is 5.75 Å². The molecule has 0 fully saturated rings. The molecule has 0 aliphatic rings. The minimum atomic E-state index is -0.00764. The molecule has 0 bridgehead atoms. The summed E-state index contributed by atoms with van der Waals surface area (Å²) < 4.78 is 5.07. The molecule has 0 aromatic heterocycles. The maximum absolute atomic E-state index is 11.6. The molecule has 3 heteroatoms. The molecule has 0 saturated carbocycles. The fourth-order valence-corrected chi connectivity index (χ4v) is 1.18. The van der Waals surface area contributed by atoms with Gasteiger partial charge in [0, 0.05) is 11.5 Å². The predicted molar refractivity (Wildman–Crippen MR) is 57.2 cm³/mol. The highest BCUT2D eigenvalue weighted by Crippen LogP contribution is 2.14. The van der Waals surface area contributed by atoms with Crippen molar-refractivity contribution in [1.29, 1.82) is 0 Å². The number of Topliss-reactive ketones (excluding diaryl/α,β-unsaturated/α-hetero) is 1. The Balaban J connectivity index is 2.71. The molecule has 0 heterocycles. The van der Waals surface area contributed by atoms with E-state index in [1.54, 1.807) is 24.3 Å². The van der Waals surface area contributed by atoms with E-state index in [1.165, 1.54) is 0 Å². The van der Waals surface area contributed by atoms with Crippen molar-refractivity contribution in [1.82, 2.24) is 0 Å². The van der Waals surface area contributed by atoms with Crippen molar-refractivity contribution in [3.05, 3.63) is 29.8 Å². The Morgan fingerprint density at radius 2 is 1.93 bits per heavy atom. The van der Waals surface area contributed by atoms with Gasteiger partial charge < -0.3 is 4.74 Å². The van der Waals surface area contributed by atoms with Gasteiger partial charge in [-0.1, -0.05) is 13.8 Å². The molecule has 80 valence electrons. The molecule has 0 aliphatic heterocycles. The lowest BCUT2D eigenvalue weighted by Gasteiger charge is -2.05. The van der Waals surface area contributed by atoms with E-state index in [0.29, 0.717) is 17.6 Å². The normalized spacial score (nSPS) is 10.1. The molecule has 15 heavy (non-hydrogen) atoms. The van der Waals surface area contributed by atoms with Crippen LogP contribution >= 0.6 is 0 Å². The van der Waals surface area contributed by atoms with Crippen molar-refractivity contribution in [3.8, 4) is 5.75 Å². The second-order valence-corrected chi connectivity index (χ2v) is 3.52. The number of hydrogen-bond donors (Lipinski definition) is 0. The lowest BCUT2D eigenvalue weighted by atomic mass is 10.0. The molecule has 1 aromatic rings. The first-order chi connectivity index (χ1) is 7.15. The Kier molecular flexibility index (Phi) is 4.03. The van der Waals surface area contributed by atoms with E-state index in [9.17, 15) is 9.59 Å². The maximum atomic E-state index is 11.6. The van der Waals surface area contributed by atoms with Crippen LogP contribution in [0.3, 0.4) is 0 Å². The van der Waals surface area contributed by atoms with Gasteiger partial charge in [-0.2, -0.15) is 0 Å². The summed E-state index contributed by atoms with van der Waals surface area (Å²) in [5, 5.41) is 0. The van der Waals surface area contributed by atoms with E-state index < -0.39 is 0 Å². The Morgan fingerprint density at radius 3 is 2.40 bits per heavy atom. The summed E-state index contributed by atoms with van der Waals surface area (Å²) in [5.74, 6) is 0.700. The van der Waals surface area contributed by atoms with Gasteiger partial charge in [-0.25, -0.2) is 0 Å². The molecule has 1 rings (SSSR count). The van der Waals surface area contributed by atoms with Crippen LogP contribution in [0.2, 0.25) is 0 Å². The molecule has 0 atom stereocenters. The van der Waals surface area contributed by atoms with Crippen LogP contribution in [0.25, 0.3) is 0 Å². The van der Waals surface area contributed by atoms with Gasteiger partial charge in [0.2, 0.25) is 0 Å². The number of aldehydes is 1. The Hall–Kier alpha value is -1.64. The summed E-state index contributed by atoms with van der Waals surface area (Å²) in [6.45, 7) is 3.76. The van der Waals surface area contributed by atoms with Crippen molar-refractivity contribution >= 4 is 12.1 Å². The molecule has 0 radical (unpaired) electrons. The monoisotopic (exact) mass is 206 g/mol. The van der Waals surface area contributed by atoms with Gasteiger partial charge >= 0.3 is 0 Å². The highest BCUT2D eigenvalue weighted by Gasteiger charge is 2.09. The van der Waals surface area contributed by atoms with E-state index in [2.05, 4.69) is 0 Å². The highest BCUT2D eigenvalue weighted by molar-refractivity contribution is 5.97. The second-order valence-electron chi connectivity index (χ2n) is 3.52. The van der Waals surface area contributed by atoms with E-state index in [1.807, 2.05) is 13.8 Å². The average molecular weight is 206 g/mol. The first-order valence-electron chi connectivity index (χ1n) is 4.86. The molecule has 0 aliphatic carbocycles. The topological polar surface area (TPSA) is 43.4 Å². The van der Waals surface area contributed by atoms with E-state index in [4.69, 9.17) is 4.74 Å². The van der Waals surface area contributed by atoms with Crippen LogP contribution in [0.4, 0.5) is 0 Å². The van der Waals surface area contributed by atoms with Crippen LogP contribution < -0.4 is 4.74 Å². The predicted octanol–water partition coefficient (Wildman–Crippen LogP) is 2.10. The number of carbonyl (C=O) groups is 2. The van der Waals surface area contributed by atoms with Crippen LogP contribution in [0, 0.1) is 5.92 Å². The average Bonchev–Trinajstić information content (AvgIpc) is 2.26. The van der Waals surface area contributed by atoms with Crippen LogP contribution in [-0.4, -0.2) is 18.7 Å². The van der Waals surface area contributed by atoms with Gasteiger partial charge in [0.15, 0.2) is 12.1 Å². The molecule has 0 saturated heterocycles. The molecular formula is C12H14O3. The minimum absolute atomic E-state index is 0.00764. The van der Waals surface area contributed by atoms with E-state index >= 15 is 0 Å². The minimum Gasteiger partial charge on any atom is -0.486 e. The summed E-state index contributed by atoms with van der Waals surface area (Å²) >= 11 is 0.